The smallest absolute Gasteiger partial charge is 0.127 e. The molecular formula is C12H17ClFN. The summed E-state index contributed by atoms with van der Waals surface area (Å²) < 4.78 is 13.5. The highest BCUT2D eigenvalue weighted by molar-refractivity contribution is 6.31. The van der Waals surface area contributed by atoms with Gasteiger partial charge >= 0.3 is 0 Å². The van der Waals surface area contributed by atoms with Crippen LogP contribution in [0.1, 0.15) is 30.9 Å². The number of hydrogen-bond acceptors (Lipinski definition) is 1. The SMILES string of the molecule is CCc1cc(CCCCN)c(F)cc1Cl. The second-order valence-corrected chi connectivity index (χ2v) is 4.04. The minimum Gasteiger partial charge on any atom is -0.330 e. The van der Waals surface area contributed by atoms with Gasteiger partial charge in [0.2, 0.25) is 0 Å². The van der Waals surface area contributed by atoms with Gasteiger partial charge in [-0.15, -0.1) is 0 Å². The molecule has 0 atom stereocenters. The van der Waals surface area contributed by atoms with E-state index >= 15 is 0 Å². The molecule has 1 rings (SSSR count). The Kier molecular flexibility index (Phi) is 5.06. The number of unbranched alkanes of at least 4 members (excludes halogenated alkanes) is 1. The van der Waals surface area contributed by atoms with Gasteiger partial charge in [-0.1, -0.05) is 24.6 Å². The summed E-state index contributed by atoms with van der Waals surface area (Å²) in [5, 5.41) is 0.526. The summed E-state index contributed by atoms with van der Waals surface area (Å²) in [4.78, 5) is 0. The van der Waals surface area contributed by atoms with Gasteiger partial charge in [0.1, 0.15) is 5.82 Å². The van der Waals surface area contributed by atoms with E-state index in [1.54, 1.807) is 0 Å². The predicted octanol–water partition coefficient (Wildman–Crippen LogP) is 3.32. The average molecular weight is 230 g/mol. The fraction of sp³-hybridized carbons (Fsp3) is 0.500. The van der Waals surface area contributed by atoms with Gasteiger partial charge in [-0.3, -0.25) is 0 Å². The molecule has 0 bridgehead atoms. The highest BCUT2D eigenvalue weighted by atomic mass is 35.5. The predicted molar refractivity (Wildman–Crippen MR) is 62.8 cm³/mol. The van der Waals surface area contributed by atoms with E-state index in [-0.39, 0.29) is 5.82 Å². The molecule has 1 nitrogen and oxygen atoms in total. The van der Waals surface area contributed by atoms with Crippen LogP contribution in [0.25, 0.3) is 0 Å². The average Bonchev–Trinajstić information content (AvgIpc) is 2.21. The van der Waals surface area contributed by atoms with Crippen molar-refractivity contribution in [1.82, 2.24) is 0 Å². The molecule has 3 heteroatoms. The maximum atomic E-state index is 13.5. The van der Waals surface area contributed by atoms with E-state index in [0.29, 0.717) is 11.6 Å². The fourth-order valence-electron chi connectivity index (χ4n) is 1.57. The lowest BCUT2D eigenvalue weighted by molar-refractivity contribution is 0.600. The van der Waals surface area contributed by atoms with Gasteiger partial charge in [0, 0.05) is 5.02 Å². The second-order valence-electron chi connectivity index (χ2n) is 3.63. The lowest BCUT2D eigenvalue weighted by atomic mass is 10.0. The van der Waals surface area contributed by atoms with Gasteiger partial charge in [-0.05, 0) is 49.4 Å². The summed E-state index contributed by atoms with van der Waals surface area (Å²) >= 11 is 5.90. The molecule has 0 aliphatic heterocycles. The molecular weight excluding hydrogens is 213 g/mol. The zero-order chi connectivity index (χ0) is 11.3. The lowest BCUT2D eigenvalue weighted by Crippen LogP contribution is -2.00. The Morgan fingerprint density at radius 3 is 2.60 bits per heavy atom. The van der Waals surface area contributed by atoms with Crippen molar-refractivity contribution in [3.05, 3.63) is 34.1 Å². The molecule has 0 unspecified atom stereocenters. The maximum absolute atomic E-state index is 13.5. The first-order chi connectivity index (χ1) is 7.19. The van der Waals surface area contributed by atoms with Crippen LogP contribution in [0, 0.1) is 5.82 Å². The Bertz CT molecular complexity index is 326. The Balaban J connectivity index is 2.78. The molecule has 0 radical (unpaired) electrons. The van der Waals surface area contributed by atoms with Gasteiger partial charge in [0.25, 0.3) is 0 Å². The highest BCUT2D eigenvalue weighted by Gasteiger charge is 2.07. The molecule has 2 N–H and O–H groups in total. The molecule has 84 valence electrons. The van der Waals surface area contributed by atoms with Crippen LogP contribution in [0.15, 0.2) is 12.1 Å². The van der Waals surface area contributed by atoms with Crippen LogP contribution in [0.4, 0.5) is 4.39 Å². The van der Waals surface area contributed by atoms with Gasteiger partial charge < -0.3 is 5.73 Å². The van der Waals surface area contributed by atoms with Crippen molar-refractivity contribution in [3.63, 3.8) is 0 Å². The summed E-state index contributed by atoms with van der Waals surface area (Å²) in [5.74, 6) is -0.200. The standard InChI is InChI=1S/C12H17ClFN/c1-2-9-7-10(5-3-4-6-15)12(14)8-11(9)13/h7-8H,2-6,15H2,1H3. The van der Waals surface area contributed by atoms with Crippen molar-refractivity contribution in [3.8, 4) is 0 Å². The summed E-state index contributed by atoms with van der Waals surface area (Å²) in [6.45, 7) is 2.68. The molecule has 0 saturated carbocycles. The molecule has 0 spiro atoms. The van der Waals surface area contributed by atoms with Crippen LogP contribution < -0.4 is 5.73 Å². The highest BCUT2D eigenvalue weighted by Crippen LogP contribution is 2.22. The monoisotopic (exact) mass is 229 g/mol. The Morgan fingerprint density at radius 1 is 1.27 bits per heavy atom. The topological polar surface area (TPSA) is 26.0 Å². The molecule has 0 aliphatic carbocycles. The van der Waals surface area contributed by atoms with Gasteiger partial charge in [0.05, 0.1) is 0 Å². The summed E-state index contributed by atoms with van der Waals surface area (Å²) in [6.07, 6.45) is 3.44. The number of aryl methyl sites for hydroxylation is 2. The van der Waals surface area contributed by atoms with E-state index in [2.05, 4.69) is 0 Å². The summed E-state index contributed by atoms with van der Waals surface area (Å²) in [5.41, 5.74) is 7.17. The van der Waals surface area contributed by atoms with Crippen molar-refractivity contribution < 1.29 is 4.39 Å². The first-order valence-corrected chi connectivity index (χ1v) is 5.73. The second kappa shape index (κ2) is 6.09. The minimum atomic E-state index is -0.200. The number of hydrogen-bond donors (Lipinski definition) is 1. The zero-order valence-electron chi connectivity index (χ0n) is 9.02. The molecule has 1 aromatic carbocycles. The van der Waals surface area contributed by atoms with Gasteiger partial charge in [0.15, 0.2) is 0 Å². The quantitative estimate of drug-likeness (QED) is 0.771. The zero-order valence-corrected chi connectivity index (χ0v) is 9.78. The maximum Gasteiger partial charge on any atom is 0.127 e. The summed E-state index contributed by atoms with van der Waals surface area (Å²) in [6, 6.07) is 3.28. The third kappa shape index (κ3) is 3.47. The van der Waals surface area contributed by atoms with Crippen LogP contribution in [0.3, 0.4) is 0 Å². The van der Waals surface area contributed by atoms with Crippen LogP contribution in [-0.2, 0) is 12.8 Å². The molecule has 0 aromatic heterocycles. The molecule has 15 heavy (non-hydrogen) atoms. The van der Waals surface area contributed by atoms with E-state index < -0.39 is 0 Å². The molecule has 1 aromatic rings. The van der Waals surface area contributed by atoms with E-state index in [0.717, 1.165) is 36.8 Å². The van der Waals surface area contributed by atoms with Crippen LogP contribution >= 0.6 is 11.6 Å². The van der Waals surface area contributed by atoms with Gasteiger partial charge in [-0.25, -0.2) is 4.39 Å². The van der Waals surface area contributed by atoms with E-state index in [1.165, 1.54) is 6.07 Å². The van der Waals surface area contributed by atoms with E-state index in [1.807, 2.05) is 13.0 Å². The normalized spacial score (nSPS) is 10.7. The minimum absolute atomic E-state index is 0.200. The summed E-state index contributed by atoms with van der Waals surface area (Å²) in [7, 11) is 0. The first-order valence-electron chi connectivity index (χ1n) is 5.36. The van der Waals surface area contributed by atoms with Crippen LogP contribution in [0.2, 0.25) is 5.02 Å². The molecule has 0 aliphatic rings. The van der Waals surface area contributed by atoms with Crippen molar-refractivity contribution in [2.75, 3.05) is 6.54 Å². The van der Waals surface area contributed by atoms with Crippen molar-refractivity contribution >= 4 is 11.6 Å². The van der Waals surface area contributed by atoms with E-state index in [9.17, 15) is 4.39 Å². The number of nitrogens with two attached hydrogens (primary N) is 1. The number of halogens is 2. The first kappa shape index (κ1) is 12.5. The van der Waals surface area contributed by atoms with Crippen molar-refractivity contribution in [2.24, 2.45) is 5.73 Å². The van der Waals surface area contributed by atoms with E-state index in [4.69, 9.17) is 17.3 Å². The third-order valence-electron chi connectivity index (χ3n) is 2.50. The molecule has 0 saturated heterocycles. The Morgan fingerprint density at radius 2 is 2.00 bits per heavy atom. The number of rotatable bonds is 5. The fourth-order valence-corrected chi connectivity index (χ4v) is 1.85. The van der Waals surface area contributed by atoms with Crippen molar-refractivity contribution in [2.45, 2.75) is 32.6 Å². The lowest BCUT2D eigenvalue weighted by Gasteiger charge is -2.07. The third-order valence-corrected chi connectivity index (χ3v) is 2.85. The molecule has 0 fully saturated rings. The Labute approximate surface area is 95.4 Å². The van der Waals surface area contributed by atoms with Crippen molar-refractivity contribution in [1.29, 1.82) is 0 Å². The largest absolute Gasteiger partial charge is 0.330 e. The number of benzene rings is 1. The Hall–Kier alpha value is -0.600. The van der Waals surface area contributed by atoms with Gasteiger partial charge in [-0.2, -0.15) is 0 Å². The molecule has 0 amide bonds. The van der Waals surface area contributed by atoms with Crippen LogP contribution in [0.5, 0.6) is 0 Å². The van der Waals surface area contributed by atoms with Crippen LogP contribution in [-0.4, -0.2) is 6.54 Å². The molecule has 0 heterocycles.